The van der Waals surface area contributed by atoms with Crippen LogP contribution >= 0.6 is 11.3 Å². The average Bonchev–Trinajstić information content (AvgIpc) is 2.97. The van der Waals surface area contributed by atoms with E-state index < -0.39 is 0 Å². The molecule has 0 unspecified atom stereocenters. The van der Waals surface area contributed by atoms with Gasteiger partial charge < -0.3 is 4.90 Å². The Bertz CT molecular complexity index is 911. The average molecular weight is 366 g/mol. The molecule has 0 N–H and O–H groups in total. The van der Waals surface area contributed by atoms with Crippen LogP contribution in [0, 0.1) is 11.3 Å². The first-order valence-corrected chi connectivity index (χ1v) is 9.49. The maximum absolute atomic E-state index is 12.9. The summed E-state index contributed by atoms with van der Waals surface area (Å²) in [5, 5.41) is 10.2. The second-order valence-corrected chi connectivity index (χ2v) is 8.79. The van der Waals surface area contributed by atoms with Gasteiger partial charge in [0.25, 0.3) is 5.91 Å². The normalized spacial score (nSPS) is 13.9. The Hall–Kier alpha value is -2.45. The molecular weight excluding hydrogens is 344 g/mol. The van der Waals surface area contributed by atoms with Crippen LogP contribution in [0.5, 0.6) is 0 Å². The highest BCUT2D eigenvalue weighted by Gasteiger charge is 2.28. The first-order valence-electron chi connectivity index (χ1n) is 8.67. The zero-order valence-corrected chi connectivity index (χ0v) is 16.4. The largest absolute Gasteiger partial charge is 0.302 e. The molecule has 0 atom stereocenters. The zero-order valence-electron chi connectivity index (χ0n) is 15.5. The lowest BCUT2D eigenvalue weighted by Gasteiger charge is -2.20. The van der Waals surface area contributed by atoms with Gasteiger partial charge in [-0.15, -0.1) is 11.3 Å². The molecular formula is C21H22N2O2S. The number of carbonyl (C=O) groups excluding carboxylic acids is 2. The first-order chi connectivity index (χ1) is 12.2. The van der Waals surface area contributed by atoms with Gasteiger partial charge in [-0.05, 0) is 35.1 Å². The number of hydrogen-bond donors (Lipinski definition) is 0. The summed E-state index contributed by atoms with van der Waals surface area (Å²) in [7, 11) is 1.69. The SMILES string of the molecule is CN(C(=O)c1ccc(C(C)(C)C)cc1)c1sc2c(c1C#N)CCC(=O)C2. The lowest BCUT2D eigenvalue weighted by Crippen LogP contribution is -2.26. The Morgan fingerprint density at radius 2 is 1.85 bits per heavy atom. The quantitative estimate of drug-likeness (QED) is 0.798. The molecule has 0 fully saturated rings. The minimum atomic E-state index is -0.146. The number of anilines is 1. The van der Waals surface area contributed by atoms with E-state index in [1.165, 1.54) is 21.8 Å². The number of nitriles is 1. The molecule has 1 aromatic carbocycles. The molecule has 0 saturated carbocycles. The Labute approximate surface area is 158 Å². The standard InChI is InChI=1S/C21H22N2O2S/c1-21(2,3)14-7-5-13(6-8-14)19(25)23(4)20-17(12-22)16-10-9-15(24)11-18(16)26-20/h5-8H,9-11H2,1-4H3. The third-order valence-electron chi connectivity index (χ3n) is 4.80. The fraction of sp³-hybridized carbons (Fsp3) is 0.381. The van der Waals surface area contributed by atoms with E-state index in [4.69, 9.17) is 0 Å². The van der Waals surface area contributed by atoms with E-state index in [0.717, 1.165) is 10.4 Å². The molecule has 134 valence electrons. The topological polar surface area (TPSA) is 61.2 Å². The van der Waals surface area contributed by atoms with Gasteiger partial charge in [0.2, 0.25) is 0 Å². The molecule has 0 radical (unpaired) electrons. The predicted molar refractivity (Wildman–Crippen MR) is 104 cm³/mol. The van der Waals surface area contributed by atoms with Crippen LogP contribution in [0.25, 0.3) is 0 Å². The smallest absolute Gasteiger partial charge is 0.258 e. The minimum Gasteiger partial charge on any atom is -0.302 e. The van der Waals surface area contributed by atoms with Crippen molar-refractivity contribution in [3.8, 4) is 6.07 Å². The number of ketones is 1. The molecule has 0 spiro atoms. The van der Waals surface area contributed by atoms with Crippen molar-refractivity contribution in [3.63, 3.8) is 0 Å². The minimum absolute atomic E-state index is 0.0286. The zero-order chi connectivity index (χ0) is 19.1. The number of amides is 1. The third-order valence-corrected chi connectivity index (χ3v) is 6.11. The molecule has 3 rings (SSSR count). The summed E-state index contributed by atoms with van der Waals surface area (Å²) >= 11 is 1.39. The molecule has 1 amide bonds. The van der Waals surface area contributed by atoms with E-state index in [0.29, 0.717) is 35.4 Å². The van der Waals surface area contributed by atoms with E-state index in [1.54, 1.807) is 7.05 Å². The number of hydrogen-bond acceptors (Lipinski definition) is 4. The highest BCUT2D eigenvalue weighted by Crippen LogP contribution is 2.39. The van der Waals surface area contributed by atoms with Gasteiger partial charge >= 0.3 is 0 Å². The van der Waals surface area contributed by atoms with E-state index in [1.807, 2.05) is 24.3 Å². The van der Waals surface area contributed by atoms with Gasteiger partial charge in [0, 0.05) is 30.3 Å². The Morgan fingerprint density at radius 3 is 2.42 bits per heavy atom. The molecule has 1 aliphatic carbocycles. The Balaban J connectivity index is 1.92. The Morgan fingerprint density at radius 1 is 1.19 bits per heavy atom. The summed E-state index contributed by atoms with van der Waals surface area (Å²) < 4.78 is 0. The number of thiophene rings is 1. The molecule has 1 aromatic heterocycles. The van der Waals surface area contributed by atoms with Gasteiger partial charge in [-0.25, -0.2) is 0 Å². The van der Waals surface area contributed by atoms with Crippen LogP contribution in [0.3, 0.4) is 0 Å². The van der Waals surface area contributed by atoms with Crippen molar-refractivity contribution < 1.29 is 9.59 Å². The number of carbonyl (C=O) groups is 2. The maximum Gasteiger partial charge on any atom is 0.258 e. The summed E-state index contributed by atoms with van der Waals surface area (Å²) in [6.07, 6.45) is 1.44. The molecule has 0 saturated heterocycles. The van der Waals surface area contributed by atoms with Crippen molar-refractivity contribution in [3.05, 3.63) is 51.4 Å². The van der Waals surface area contributed by atoms with Crippen LogP contribution in [0.2, 0.25) is 0 Å². The highest BCUT2D eigenvalue weighted by atomic mass is 32.1. The van der Waals surface area contributed by atoms with E-state index in [2.05, 4.69) is 26.8 Å². The van der Waals surface area contributed by atoms with Gasteiger partial charge in [-0.1, -0.05) is 32.9 Å². The molecule has 4 nitrogen and oxygen atoms in total. The van der Waals surface area contributed by atoms with Crippen molar-refractivity contribution in [1.82, 2.24) is 0 Å². The molecule has 0 aliphatic heterocycles. The summed E-state index contributed by atoms with van der Waals surface area (Å²) in [6.45, 7) is 6.39. The van der Waals surface area contributed by atoms with Crippen LogP contribution in [0.15, 0.2) is 24.3 Å². The third kappa shape index (κ3) is 3.30. The van der Waals surface area contributed by atoms with Gasteiger partial charge in [0.15, 0.2) is 0 Å². The van der Waals surface area contributed by atoms with Crippen LogP contribution in [-0.4, -0.2) is 18.7 Å². The molecule has 2 aromatic rings. The molecule has 1 aliphatic rings. The van der Waals surface area contributed by atoms with Crippen molar-refractivity contribution >= 4 is 28.0 Å². The number of rotatable bonds is 2. The van der Waals surface area contributed by atoms with Gasteiger partial charge in [0.05, 0.1) is 5.56 Å². The first kappa shape index (κ1) is 18.3. The fourth-order valence-electron chi connectivity index (χ4n) is 3.19. The van der Waals surface area contributed by atoms with E-state index in [-0.39, 0.29) is 17.1 Å². The van der Waals surface area contributed by atoms with Crippen LogP contribution < -0.4 is 4.90 Å². The lowest BCUT2D eigenvalue weighted by atomic mass is 9.86. The fourth-order valence-corrected chi connectivity index (χ4v) is 4.47. The molecule has 5 heteroatoms. The number of fused-ring (bicyclic) bond motifs is 1. The summed E-state index contributed by atoms with van der Waals surface area (Å²) in [5.41, 5.74) is 3.27. The van der Waals surface area contributed by atoms with Gasteiger partial charge in [-0.3, -0.25) is 9.59 Å². The second kappa shape index (κ2) is 6.69. The summed E-state index contributed by atoms with van der Waals surface area (Å²) in [4.78, 5) is 27.1. The van der Waals surface area contributed by atoms with Crippen molar-refractivity contribution in [1.29, 1.82) is 5.26 Å². The van der Waals surface area contributed by atoms with Crippen molar-refractivity contribution in [2.45, 2.75) is 45.4 Å². The second-order valence-electron chi connectivity index (χ2n) is 7.70. The molecule has 1 heterocycles. The van der Waals surface area contributed by atoms with Crippen molar-refractivity contribution in [2.75, 3.05) is 11.9 Å². The highest BCUT2D eigenvalue weighted by molar-refractivity contribution is 7.17. The number of nitrogens with zero attached hydrogens (tertiary/aromatic N) is 2. The molecule has 26 heavy (non-hydrogen) atoms. The van der Waals surface area contributed by atoms with Gasteiger partial charge in [-0.2, -0.15) is 5.26 Å². The van der Waals surface area contributed by atoms with Crippen LogP contribution in [-0.2, 0) is 23.1 Å². The monoisotopic (exact) mass is 366 g/mol. The molecule has 0 bridgehead atoms. The Kier molecular flexibility index (Phi) is 4.72. The summed E-state index contributed by atoms with van der Waals surface area (Å²) in [5.74, 6) is 0.0495. The lowest BCUT2D eigenvalue weighted by molar-refractivity contribution is -0.118. The predicted octanol–water partition coefficient (Wildman–Crippen LogP) is 4.25. The number of benzene rings is 1. The van der Waals surface area contributed by atoms with E-state index in [9.17, 15) is 14.9 Å². The maximum atomic E-state index is 12.9. The van der Waals surface area contributed by atoms with Crippen LogP contribution in [0.1, 0.15) is 59.1 Å². The van der Waals surface area contributed by atoms with Gasteiger partial charge in [0.1, 0.15) is 16.9 Å². The summed E-state index contributed by atoms with van der Waals surface area (Å²) in [6, 6.07) is 9.86. The van der Waals surface area contributed by atoms with Crippen LogP contribution in [0.4, 0.5) is 5.00 Å². The number of Topliss-reactive ketones (excluding diaryl/α,β-unsaturated/α-hetero) is 1. The van der Waals surface area contributed by atoms with E-state index >= 15 is 0 Å². The van der Waals surface area contributed by atoms with Crippen molar-refractivity contribution in [2.24, 2.45) is 0 Å².